The third-order valence-corrected chi connectivity index (χ3v) is 4.56. The van der Waals surface area contributed by atoms with Gasteiger partial charge in [0.2, 0.25) is 0 Å². The van der Waals surface area contributed by atoms with Gasteiger partial charge in [-0.2, -0.15) is 0 Å². The van der Waals surface area contributed by atoms with Crippen molar-refractivity contribution in [1.82, 2.24) is 0 Å². The van der Waals surface area contributed by atoms with Gasteiger partial charge in [0.1, 0.15) is 0 Å². The van der Waals surface area contributed by atoms with Gasteiger partial charge in [0.05, 0.1) is 29.8 Å². The predicted molar refractivity (Wildman–Crippen MR) is 114 cm³/mol. The van der Waals surface area contributed by atoms with E-state index in [0.717, 1.165) is 38.5 Å². The summed E-state index contributed by atoms with van der Waals surface area (Å²) in [7, 11) is 0. The minimum Gasteiger partial charge on any atom is -0.462 e. The largest absolute Gasteiger partial charge is 0.462 e. The number of esters is 2. The van der Waals surface area contributed by atoms with Gasteiger partial charge in [0, 0.05) is 0 Å². The molecule has 1 aromatic rings. The lowest BCUT2D eigenvalue weighted by molar-refractivity contribution is 0.0450. The average molecular weight is 395 g/mol. The van der Waals surface area contributed by atoms with E-state index in [9.17, 15) is 9.59 Å². The zero-order valence-corrected chi connectivity index (χ0v) is 17.5. The van der Waals surface area contributed by atoms with Crippen molar-refractivity contribution in [2.75, 3.05) is 13.2 Å². The van der Waals surface area contributed by atoms with Crippen LogP contribution < -0.4 is 0 Å². The van der Waals surface area contributed by atoms with Crippen LogP contribution in [0.15, 0.2) is 24.2 Å². The normalized spacial score (nSPS) is 12.6. The number of carbonyl (C=O) groups excluding carboxylic acids is 2. The van der Waals surface area contributed by atoms with Crippen LogP contribution >= 0.6 is 0 Å². The number of benzene rings is 1. The number of ether oxygens (including phenoxy) is 2. The molecule has 0 bridgehead atoms. The van der Waals surface area contributed by atoms with Gasteiger partial charge in [-0.05, 0) is 24.9 Å². The van der Waals surface area contributed by atoms with Gasteiger partial charge in [0.25, 0.3) is 0 Å². The summed E-state index contributed by atoms with van der Waals surface area (Å²) in [5, 5.41) is 0. The molecule has 28 heavy (non-hydrogen) atoms. The van der Waals surface area contributed by atoms with Gasteiger partial charge in [0.15, 0.2) is 0 Å². The highest BCUT2D eigenvalue weighted by Crippen LogP contribution is 2.14. The van der Waals surface area contributed by atoms with E-state index in [0.29, 0.717) is 12.8 Å². The van der Waals surface area contributed by atoms with Crippen molar-refractivity contribution < 1.29 is 24.5 Å². The first-order valence-corrected chi connectivity index (χ1v) is 10.8. The molecule has 0 fully saturated rings. The Morgan fingerprint density at radius 1 is 0.679 bits per heavy atom. The maximum atomic E-state index is 12.7. The standard InChI is InChI=1S/C24H38O4/c1-3-5-7-9-10-11-12-16-20-28-24(26)22-18-14-13-17-21(22)23(25)27-19-15-8-6-4-2/h13-14,17-18H,3-12,15-16,19-20H2,1-2H3/i13D,14D,17D,18D. The molecule has 158 valence electrons. The van der Waals surface area contributed by atoms with Crippen LogP contribution in [-0.4, -0.2) is 25.2 Å². The Hall–Kier alpha value is -1.84. The lowest BCUT2D eigenvalue weighted by Crippen LogP contribution is -2.15. The molecule has 4 nitrogen and oxygen atoms in total. The highest BCUT2D eigenvalue weighted by Gasteiger charge is 2.18. The van der Waals surface area contributed by atoms with E-state index in [1.807, 2.05) is 0 Å². The zero-order chi connectivity index (χ0) is 23.9. The van der Waals surface area contributed by atoms with Crippen LogP contribution in [0, 0.1) is 0 Å². The molecule has 4 heteroatoms. The number of hydrogen-bond donors (Lipinski definition) is 0. The third-order valence-electron chi connectivity index (χ3n) is 4.56. The van der Waals surface area contributed by atoms with Crippen molar-refractivity contribution in [3.8, 4) is 0 Å². The molecule has 0 amide bonds. The molecule has 0 aromatic heterocycles. The van der Waals surface area contributed by atoms with E-state index in [1.54, 1.807) is 0 Å². The summed E-state index contributed by atoms with van der Waals surface area (Å²) in [5.41, 5.74) is -0.901. The summed E-state index contributed by atoms with van der Waals surface area (Å²) in [6.45, 7) is 4.52. The zero-order valence-electron chi connectivity index (χ0n) is 21.5. The second-order valence-corrected chi connectivity index (χ2v) is 7.06. The number of unbranched alkanes of at least 4 members (excludes halogenated alkanes) is 10. The first kappa shape index (κ1) is 18.2. The number of carbonyl (C=O) groups is 2. The molecule has 0 aliphatic rings. The molecule has 0 heterocycles. The summed E-state index contributed by atoms with van der Waals surface area (Å²) in [6, 6.07) is -2.31. The topological polar surface area (TPSA) is 52.6 Å². The summed E-state index contributed by atoms with van der Waals surface area (Å²) >= 11 is 0. The van der Waals surface area contributed by atoms with Gasteiger partial charge >= 0.3 is 11.9 Å². The van der Waals surface area contributed by atoms with Crippen LogP contribution in [0.1, 0.15) is 117 Å². The van der Waals surface area contributed by atoms with E-state index in [-0.39, 0.29) is 13.2 Å². The maximum absolute atomic E-state index is 12.7. The highest BCUT2D eigenvalue weighted by molar-refractivity contribution is 6.03. The first-order valence-electron chi connectivity index (χ1n) is 12.8. The second-order valence-electron chi connectivity index (χ2n) is 7.06. The second kappa shape index (κ2) is 16.1. The van der Waals surface area contributed by atoms with Crippen LogP contribution in [0.3, 0.4) is 0 Å². The lowest BCUT2D eigenvalue weighted by Gasteiger charge is -2.10. The summed E-state index contributed by atoms with van der Waals surface area (Å²) in [6.07, 6.45) is 12.3. The third kappa shape index (κ3) is 10.5. The predicted octanol–water partition coefficient (Wildman–Crippen LogP) is 6.72. The molecular weight excluding hydrogens is 352 g/mol. The molecule has 0 spiro atoms. The van der Waals surface area contributed by atoms with Crippen molar-refractivity contribution in [2.24, 2.45) is 0 Å². The molecule has 1 aromatic carbocycles. The minimum atomic E-state index is -0.924. The molecule has 0 atom stereocenters. The summed E-state index contributed by atoms with van der Waals surface area (Å²) in [4.78, 5) is 25.2. The number of rotatable bonds is 16. The first-order chi connectivity index (χ1) is 15.4. The monoisotopic (exact) mass is 394 g/mol. The Morgan fingerprint density at radius 2 is 1.04 bits per heavy atom. The van der Waals surface area contributed by atoms with Crippen molar-refractivity contribution in [2.45, 2.75) is 90.9 Å². The number of hydrogen-bond acceptors (Lipinski definition) is 4. The van der Waals surface area contributed by atoms with E-state index in [4.69, 9.17) is 15.0 Å². The summed E-state index contributed by atoms with van der Waals surface area (Å²) in [5.74, 6) is -1.84. The van der Waals surface area contributed by atoms with Gasteiger partial charge in [-0.1, -0.05) is 90.1 Å². The summed E-state index contributed by atoms with van der Waals surface area (Å²) < 4.78 is 42.3. The smallest absolute Gasteiger partial charge is 0.339 e. The molecule has 0 unspecified atom stereocenters. The van der Waals surface area contributed by atoms with E-state index in [2.05, 4.69) is 13.8 Å². The molecular formula is C24H38O4. The molecule has 0 aliphatic heterocycles. The minimum absolute atomic E-state index is 0.133. The Bertz CT molecular complexity index is 737. The van der Waals surface area contributed by atoms with Gasteiger partial charge in [-0.3, -0.25) is 0 Å². The molecule has 1 rings (SSSR count). The van der Waals surface area contributed by atoms with Crippen LogP contribution in [-0.2, 0) is 9.47 Å². The van der Waals surface area contributed by atoms with E-state index in [1.165, 1.54) is 25.7 Å². The van der Waals surface area contributed by atoms with Crippen molar-refractivity contribution >= 4 is 11.9 Å². The Kier molecular flexibility index (Phi) is 10.5. The fourth-order valence-electron chi connectivity index (χ4n) is 2.86. The van der Waals surface area contributed by atoms with Gasteiger partial charge < -0.3 is 9.47 Å². The van der Waals surface area contributed by atoms with Crippen molar-refractivity contribution in [3.05, 3.63) is 35.3 Å². The quantitative estimate of drug-likeness (QED) is 0.231. The molecule has 0 saturated carbocycles. The van der Waals surface area contributed by atoms with Crippen molar-refractivity contribution in [3.63, 3.8) is 0 Å². The SMILES string of the molecule is [2H]c1c([2H])c([2H])c(C(=O)OCCCCCCCCCC)c(C(=O)OCCCCCC)c1[2H]. The van der Waals surface area contributed by atoms with Crippen LogP contribution in [0.4, 0.5) is 0 Å². The highest BCUT2D eigenvalue weighted by atomic mass is 16.5. The molecule has 0 aliphatic carbocycles. The van der Waals surface area contributed by atoms with Crippen LogP contribution in [0.25, 0.3) is 0 Å². The van der Waals surface area contributed by atoms with Gasteiger partial charge in [-0.25, -0.2) is 9.59 Å². The maximum Gasteiger partial charge on any atom is 0.339 e. The van der Waals surface area contributed by atoms with Gasteiger partial charge in [-0.15, -0.1) is 0 Å². The van der Waals surface area contributed by atoms with E-state index >= 15 is 0 Å². The molecule has 0 N–H and O–H groups in total. The fraction of sp³-hybridized carbons (Fsp3) is 0.667. The van der Waals surface area contributed by atoms with Crippen LogP contribution in [0.5, 0.6) is 0 Å². The average Bonchev–Trinajstić information content (AvgIpc) is 2.78. The van der Waals surface area contributed by atoms with Crippen LogP contribution in [0.2, 0.25) is 0 Å². The molecule has 0 radical (unpaired) electrons. The van der Waals surface area contributed by atoms with E-state index < -0.39 is 47.2 Å². The van der Waals surface area contributed by atoms with Crippen molar-refractivity contribution in [1.29, 1.82) is 0 Å². The molecule has 0 saturated heterocycles. The lowest BCUT2D eigenvalue weighted by atomic mass is 10.1. The Labute approximate surface area is 176 Å². The Morgan fingerprint density at radius 3 is 1.46 bits per heavy atom. The Balaban J connectivity index is 2.74. The fourth-order valence-corrected chi connectivity index (χ4v) is 2.86.